The van der Waals surface area contributed by atoms with Crippen LogP contribution in [-0.4, -0.2) is 0 Å². The summed E-state index contributed by atoms with van der Waals surface area (Å²) in [7, 11) is 0. The molecule has 2 nitrogen and oxygen atoms in total. The number of aryl methyl sites for hydroxylation is 1. The third-order valence-electron chi connectivity index (χ3n) is 1.98. The molecule has 0 amide bonds. The molecule has 2 heteroatoms. The lowest BCUT2D eigenvalue weighted by atomic mass is 9.89. The van der Waals surface area contributed by atoms with E-state index in [-0.39, 0.29) is 11.0 Å². The largest absolute Gasteiger partial charge is 0.427 e. The summed E-state index contributed by atoms with van der Waals surface area (Å²) in [6, 6.07) is 3.33. The number of hydrogen-bond donors (Lipinski definition) is 0. The maximum atomic E-state index is 11.0. The maximum Gasteiger partial charge on any atom is 0.335 e. The Morgan fingerprint density at radius 1 is 1.31 bits per heavy atom. The van der Waals surface area contributed by atoms with Gasteiger partial charge in [0.05, 0.1) is 0 Å². The zero-order valence-corrected chi connectivity index (χ0v) is 8.68. The van der Waals surface area contributed by atoms with Crippen LogP contribution >= 0.6 is 0 Å². The van der Waals surface area contributed by atoms with Crippen LogP contribution in [0.15, 0.2) is 21.3 Å². The van der Waals surface area contributed by atoms with Crippen molar-refractivity contribution in [3.63, 3.8) is 0 Å². The topological polar surface area (TPSA) is 30.2 Å². The fourth-order valence-electron chi connectivity index (χ4n) is 1.36. The molecule has 0 spiro atoms. The van der Waals surface area contributed by atoms with E-state index < -0.39 is 0 Å². The van der Waals surface area contributed by atoms with Crippen LogP contribution in [0.2, 0.25) is 0 Å². The van der Waals surface area contributed by atoms with Gasteiger partial charge in [-0.15, -0.1) is 0 Å². The summed E-state index contributed by atoms with van der Waals surface area (Å²) in [5.41, 5.74) is 0.764. The van der Waals surface area contributed by atoms with Crippen LogP contribution in [0.4, 0.5) is 0 Å². The second-order valence-electron chi connectivity index (χ2n) is 4.21. The Balaban J connectivity index is 3.32. The highest BCUT2D eigenvalue weighted by Crippen LogP contribution is 2.24. The van der Waals surface area contributed by atoms with Crippen molar-refractivity contribution in [1.82, 2.24) is 0 Å². The average molecular weight is 180 g/mol. The summed E-state index contributed by atoms with van der Waals surface area (Å²) >= 11 is 0. The van der Waals surface area contributed by atoms with Gasteiger partial charge in [-0.1, -0.05) is 27.7 Å². The van der Waals surface area contributed by atoms with Crippen molar-refractivity contribution in [2.45, 2.75) is 39.5 Å². The van der Waals surface area contributed by atoms with Crippen molar-refractivity contribution < 1.29 is 4.42 Å². The molecule has 1 heterocycles. The molecule has 1 rings (SSSR count). The van der Waals surface area contributed by atoms with Gasteiger partial charge in [-0.3, -0.25) is 0 Å². The minimum absolute atomic E-state index is 0.0915. The Kier molecular flexibility index (Phi) is 2.60. The highest BCUT2D eigenvalue weighted by molar-refractivity contribution is 5.22. The summed E-state index contributed by atoms with van der Waals surface area (Å²) in [4.78, 5) is 11.0. The second-order valence-corrected chi connectivity index (χ2v) is 4.21. The van der Waals surface area contributed by atoms with E-state index in [1.165, 1.54) is 6.07 Å². The quantitative estimate of drug-likeness (QED) is 0.664. The summed E-state index contributed by atoms with van der Waals surface area (Å²) < 4.78 is 5.21. The fourth-order valence-corrected chi connectivity index (χ4v) is 1.36. The molecule has 0 aromatic carbocycles. The lowest BCUT2D eigenvalue weighted by Crippen LogP contribution is -2.17. The minimum Gasteiger partial charge on any atom is -0.427 e. The molecule has 72 valence electrons. The summed E-state index contributed by atoms with van der Waals surface area (Å²) in [6.07, 6.45) is 0.899. The normalized spacial score (nSPS) is 11.7. The van der Waals surface area contributed by atoms with Gasteiger partial charge in [-0.25, -0.2) is 4.79 Å². The van der Waals surface area contributed by atoms with E-state index in [0.717, 1.165) is 17.7 Å². The Labute approximate surface area is 78.6 Å². The van der Waals surface area contributed by atoms with E-state index in [0.29, 0.717) is 0 Å². The van der Waals surface area contributed by atoms with Crippen molar-refractivity contribution >= 4 is 0 Å². The van der Waals surface area contributed by atoms with Gasteiger partial charge >= 0.3 is 5.63 Å². The Bertz CT molecular complexity index is 342. The zero-order chi connectivity index (χ0) is 10.1. The van der Waals surface area contributed by atoms with E-state index in [1.54, 1.807) is 0 Å². The first-order valence-electron chi connectivity index (χ1n) is 4.58. The highest BCUT2D eigenvalue weighted by Gasteiger charge is 2.20. The van der Waals surface area contributed by atoms with Gasteiger partial charge in [0.25, 0.3) is 0 Å². The molecular weight excluding hydrogens is 164 g/mol. The lowest BCUT2D eigenvalue weighted by Gasteiger charge is -2.19. The van der Waals surface area contributed by atoms with Gasteiger partial charge in [0.1, 0.15) is 5.76 Å². The van der Waals surface area contributed by atoms with Gasteiger partial charge in [0.15, 0.2) is 0 Å². The second kappa shape index (κ2) is 3.36. The van der Waals surface area contributed by atoms with E-state index >= 15 is 0 Å². The summed E-state index contributed by atoms with van der Waals surface area (Å²) in [5, 5.41) is 0. The molecule has 0 aliphatic heterocycles. The van der Waals surface area contributed by atoms with Crippen LogP contribution in [0, 0.1) is 0 Å². The van der Waals surface area contributed by atoms with Gasteiger partial charge in [-0.2, -0.15) is 0 Å². The molecule has 0 aliphatic carbocycles. The minimum atomic E-state index is -0.262. The molecule has 1 aromatic rings. The molecule has 0 saturated carbocycles. The lowest BCUT2D eigenvalue weighted by molar-refractivity contribution is 0.371. The fraction of sp³-hybridized carbons (Fsp3) is 0.545. The molecule has 0 N–H and O–H groups in total. The molecule has 0 aliphatic rings. The molecular formula is C11H16O2. The number of rotatable bonds is 1. The molecule has 13 heavy (non-hydrogen) atoms. The third-order valence-corrected chi connectivity index (χ3v) is 1.98. The van der Waals surface area contributed by atoms with Gasteiger partial charge in [0.2, 0.25) is 0 Å². The predicted molar refractivity (Wildman–Crippen MR) is 53.1 cm³/mol. The smallest absolute Gasteiger partial charge is 0.335 e. The van der Waals surface area contributed by atoms with Crippen LogP contribution in [-0.2, 0) is 11.8 Å². The standard InChI is InChI=1S/C11H16O2/c1-5-8-6-7-9(12)13-10(8)11(2,3)4/h6-7H,5H2,1-4H3. The summed E-state index contributed by atoms with van der Waals surface area (Å²) in [5.74, 6) is 0.808. The van der Waals surface area contributed by atoms with E-state index in [1.807, 2.05) is 26.8 Å². The Morgan fingerprint density at radius 2 is 1.92 bits per heavy atom. The summed E-state index contributed by atoms with van der Waals surface area (Å²) in [6.45, 7) is 8.20. The van der Waals surface area contributed by atoms with E-state index in [2.05, 4.69) is 6.92 Å². The maximum absolute atomic E-state index is 11.0. The van der Waals surface area contributed by atoms with Crippen molar-refractivity contribution in [3.05, 3.63) is 33.9 Å². The van der Waals surface area contributed by atoms with E-state index in [4.69, 9.17) is 4.42 Å². The van der Waals surface area contributed by atoms with Crippen molar-refractivity contribution in [1.29, 1.82) is 0 Å². The first-order chi connectivity index (χ1) is 5.95. The Morgan fingerprint density at radius 3 is 2.38 bits per heavy atom. The number of hydrogen-bond acceptors (Lipinski definition) is 2. The monoisotopic (exact) mass is 180 g/mol. The van der Waals surface area contributed by atoms with Gasteiger partial charge < -0.3 is 4.42 Å². The van der Waals surface area contributed by atoms with Gasteiger partial charge in [0, 0.05) is 11.5 Å². The SMILES string of the molecule is CCc1ccc(=O)oc1C(C)(C)C. The van der Waals surface area contributed by atoms with Crippen LogP contribution in [0.5, 0.6) is 0 Å². The Hall–Kier alpha value is -1.05. The molecule has 0 radical (unpaired) electrons. The van der Waals surface area contributed by atoms with Crippen LogP contribution < -0.4 is 5.63 Å². The molecule has 0 saturated heterocycles. The van der Waals surface area contributed by atoms with Gasteiger partial charge in [-0.05, 0) is 18.1 Å². The highest BCUT2D eigenvalue weighted by atomic mass is 16.4. The van der Waals surface area contributed by atoms with Crippen molar-refractivity contribution in [2.24, 2.45) is 0 Å². The zero-order valence-electron chi connectivity index (χ0n) is 8.68. The molecule has 0 fully saturated rings. The van der Waals surface area contributed by atoms with Crippen LogP contribution in [0.1, 0.15) is 39.0 Å². The van der Waals surface area contributed by atoms with Crippen molar-refractivity contribution in [3.8, 4) is 0 Å². The molecule has 0 bridgehead atoms. The first-order valence-corrected chi connectivity index (χ1v) is 4.58. The van der Waals surface area contributed by atoms with Crippen LogP contribution in [0.3, 0.4) is 0 Å². The van der Waals surface area contributed by atoms with Crippen molar-refractivity contribution in [2.75, 3.05) is 0 Å². The predicted octanol–water partition coefficient (Wildman–Crippen LogP) is 2.50. The molecule has 1 aromatic heterocycles. The average Bonchev–Trinajstić information content (AvgIpc) is 2.03. The molecule has 0 atom stereocenters. The third kappa shape index (κ3) is 2.20. The van der Waals surface area contributed by atoms with E-state index in [9.17, 15) is 4.79 Å². The molecule has 0 unspecified atom stereocenters. The first kappa shape index (κ1) is 10.0. The van der Waals surface area contributed by atoms with Crippen LogP contribution in [0.25, 0.3) is 0 Å².